The zero-order chi connectivity index (χ0) is 14.8. The highest BCUT2D eigenvalue weighted by Crippen LogP contribution is 2.35. The lowest BCUT2D eigenvalue weighted by molar-refractivity contribution is 0.211. The van der Waals surface area contributed by atoms with Crippen molar-refractivity contribution in [1.82, 2.24) is 4.90 Å². The molecule has 1 aromatic rings. The Morgan fingerprint density at radius 1 is 1.35 bits per heavy atom. The van der Waals surface area contributed by atoms with Gasteiger partial charge in [0.05, 0.1) is 0 Å². The number of thioether (sulfide) groups is 1. The lowest BCUT2D eigenvalue weighted by atomic mass is 10.0. The Bertz CT molecular complexity index is 465. The van der Waals surface area contributed by atoms with Gasteiger partial charge in [-0.2, -0.15) is 11.8 Å². The van der Waals surface area contributed by atoms with Gasteiger partial charge in [0.25, 0.3) is 0 Å². The lowest BCUT2D eigenvalue weighted by Crippen LogP contribution is -2.36. The van der Waals surface area contributed by atoms with E-state index in [1.165, 1.54) is 6.42 Å². The van der Waals surface area contributed by atoms with Crippen LogP contribution in [0.4, 0.5) is 0 Å². The minimum absolute atomic E-state index is 0.175. The summed E-state index contributed by atoms with van der Waals surface area (Å²) in [5.74, 6) is 1.13. The van der Waals surface area contributed by atoms with Crippen molar-refractivity contribution in [2.45, 2.75) is 31.1 Å². The number of hydrogen-bond acceptors (Lipinski definition) is 3. The number of benzene rings is 1. The minimum atomic E-state index is 0.175. The van der Waals surface area contributed by atoms with Gasteiger partial charge in [-0.15, -0.1) is 0 Å². The summed E-state index contributed by atoms with van der Waals surface area (Å²) in [6.07, 6.45) is 1.17. The first-order chi connectivity index (χ1) is 9.43. The fraction of sp³-hybridized carbons (Fsp3) is 0.600. The molecule has 2 N–H and O–H groups in total. The van der Waals surface area contributed by atoms with E-state index in [0.29, 0.717) is 21.3 Å². The molecule has 1 aliphatic rings. The fourth-order valence-electron chi connectivity index (χ4n) is 2.59. The second kappa shape index (κ2) is 6.89. The molecule has 0 bridgehead atoms. The average Bonchev–Trinajstić information content (AvgIpc) is 2.54. The third-order valence-electron chi connectivity index (χ3n) is 3.86. The monoisotopic (exact) mass is 332 g/mol. The van der Waals surface area contributed by atoms with Crippen molar-refractivity contribution in [2.75, 3.05) is 25.4 Å². The maximum absolute atomic E-state index is 6.35. The highest BCUT2D eigenvalue weighted by molar-refractivity contribution is 8.00. The first-order valence-corrected chi connectivity index (χ1v) is 8.70. The summed E-state index contributed by atoms with van der Waals surface area (Å²) in [5, 5.41) is 1.38. The molecule has 5 heteroatoms. The molecule has 1 atom stereocenters. The van der Waals surface area contributed by atoms with Crippen molar-refractivity contribution in [3.63, 3.8) is 0 Å². The average molecular weight is 333 g/mol. The van der Waals surface area contributed by atoms with Gasteiger partial charge in [0, 0.05) is 46.2 Å². The SMILES string of the molecule is CC1(C)CCN(C(CN)c2ccc(Cl)cc2Cl)CCS1. The van der Waals surface area contributed by atoms with E-state index in [-0.39, 0.29) is 6.04 Å². The molecule has 0 radical (unpaired) electrons. The van der Waals surface area contributed by atoms with Crippen LogP contribution in [0.25, 0.3) is 0 Å². The van der Waals surface area contributed by atoms with Crippen LogP contribution in [0.3, 0.4) is 0 Å². The molecule has 0 aliphatic carbocycles. The molecule has 1 heterocycles. The number of nitrogens with two attached hydrogens (primary N) is 1. The second-order valence-electron chi connectivity index (χ2n) is 5.81. The fourth-order valence-corrected chi connectivity index (χ4v) is 4.24. The Morgan fingerprint density at radius 2 is 2.10 bits per heavy atom. The molecule has 1 aromatic carbocycles. The van der Waals surface area contributed by atoms with E-state index >= 15 is 0 Å². The Balaban J connectivity index is 2.19. The van der Waals surface area contributed by atoms with E-state index in [0.717, 1.165) is 24.4 Å². The molecule has 0 aromatic heterocycles. The predicted octanol–water partition coefficient (Wildman–Crippen LogP) is 4.21. The maximum Gasteiger partial charge on any atom is 0.0485 e. The van der Waals surface area contributed by atoms with Gasteiger partial charge in [0.1, 0.15) is 0 Å². The van der Waals surface area contributed by atoms with Crippen LogP contribution in [0.2, 0.25) is 10.0 Å². The molecular formula is C15H22Cl2N2S. The largest absolute Gasteiger partial charge is 0.329 e. The van der Waals surface area contributed by atoms with E-state index < -0.39 is 0 Å². The normalized spacial score (nSPS) is 21.4. The van der Waals surface area contributed by atoms with E-state index in [9.17, 15) is 0 Å². The van der Waals surface area contributed by atoms with Gasteiger partial charge in [-0.1, -0.05) is 43.1 Å². The molecule has 0 saturated carbocycles. The minimum Gasteiger partial charge on any atom is -0.329 e. The van der Waals surface area contributed by atoms with Crippen LogP contribution in [0, 0.1) is 0 Å². The van der Waals surface area contributed by atoms with Gasteiger partial charge >= 0.3 is 0 Å². The van der Waals surface area contributed by atoms with Crippen LogP contribution >= 0.6 is 35.0 Å². The third kappa shape index (κ3) is 4.05. The molecule has 20 heavy (non-hydrogen) atoms. The summed E-state index contributed by atoms with van der Waals surface area (Å²) in [4.78, 5) is 2.46. The molecule has 0 spiro atoms. The van der Waals surface area contributed by atoms with Crippen molar-refractivity contribution >= 4 is 35.0 Å². The van der Waals surface area contributed by atoms with Crippen LogP contribution in [-0.2, 0) is 0 Å². The van der Waals surface area contributed by atoms with Crippen molar-refractivity contribution in [1.29, 1.82) is 0 Å². The summed E-state index contributed by atoms with van der Waals surface area (Å²) >= 11 is 14.4. The zero-order valence-electron chi connectivity index (χ0n) is 12.0. The molecule has 2 nitrogen and oxygen atoms in total. The smallest absolute Gasteiger partial charge is 0.0485 e. The Kier molecular flexibility index (Phi) is 5.66. The molecule has 1 unspecified atom stereocenters. The van der Waals surface area contributed by atoms with Crippen molar-refractivity contribution in [3.05, 3.63) is 33.8 Å². The molecule has 112 valence electrons. The quantitative estimate of drug-likeness (QED) is 0.898. The first-order valence-electron chi connectivity index (χ1n) is 6.96. The van der Waals surface area contributed by atoms with Gasteiger partial charge < -0.3 is 5.73 Å². The number of halogens is 2. The number of hydrogen-bond donors (Lipinski definition) is 1. The number of rotatable bonds is 3. The van der Waals surface area contributed by atoms with Crippen LogP contribution in [0.15, 0.2) is 18.2 Å². The standard InChI is InChI=1S/C15H22Cl2N2S/c1-15(2)5-6-19(7-8-20-15)14(10-18)12-4-3-11(16)9-13(12)17/h3-4,9,14H,5-8,10,18H2,1-2H3. The van der Waals surface area contributed by atoms with E-state index in [2.05, 4.69) is 18.7 Å². The van der Waals surface area contributed by atoms with Crippen LogP contribution in [0.1, 0.15) is 31.9 Å². The summed E-state index contributed by atoms with van der Waals surface area (Å²) in [6, 6.07) is 5.87. The third-order valence-corrected chi connectivity index (χ3v) is 5.79. The Hall–Kier alpha value is 0.0700. The number of nitrogens with zero attached hydrogens (tertiary/aromatic N) is 1. The van der Waals surface area contributed by atoms with Crippen LogP contribution < -0.4 is 5.73 Å². The van der Waals surface area contributed by atoms with Crippen LogP contribution in [0.5, 0.6) is 0 Å². The lowest BCUT2D eigenvalue weighted by Gasteiger charge is -2.31. The van der Waals surface area contributed by atoms with Gasteiger partial charge in [-0.3, -0.25) is 4.90 Å². The van der Waals surface area contributed by atoms with Gasteiger partial charge in [0.15, 0.2) is 0 Å². The molecule has 1 fully saturated rings. The van der Waals surface area contributed by atoms with Crippen molar-refractivity contribution < 1.29 is 0 Å². The Labute approximate surface area is 136 Å². The van der Waals surface area contributed by atoms with Gasteiger partial charge in [0.2, 0.25) is 0 Å². The summed E-state index contributed by atoms with van der Waals surface area (Å²) in [7, 11) is 0. The van der Waals surface area contributed by atoms with E-state index in [4.69, 9.17) is 28.9 Å². The highest BCUT2D eigenvalue weighted by atomic mass is 35.5. The first kappa shape index (κ1) is 16.4. The van der Waals surface area contributed by atoms with Crippen molar-refractivity contribution in [2.24, 2.45) is 5.73 Å². The topological polar surface area (TPSA) is 29.3 Å². The van der Waals surface area contributed by atoms with E-state index in [1.807, 2.05) is 23.9 Å². The molecule has 2 rings (SSSR count). The van der Waals surface area contributed by atoms with Gasteiger partial charge in [-0.25, -0.2) is 0 Å². The zero-order valence-corrected chi connectivity index (χ0v) is 14.4. The summed E-state index contributed by atoms with van der Waals surface area (Å²) < 4.78 is 0.345. The summed E-state index contributed by atoms with van der Waals surface area (Å²) in [5.41, 5.74) is 7.11. The molecule has 0 amide bonds. The van der Waals surface area contributed by atoms with Crippen molar-refractivity contribution in [3.8, 4) is 0 Å². The highest BCUT2D eigenvalue weighted by Gasteiger charge is 2.28. The molecular weight excluding hydrogens is 311 g/mol. The predicted molar refractivity (Wildman–Crippen MR) is 91.0 cm³/mol. The van der Waals surface area contributed by atoms with E-state index in [1.54, 1.807) is 6.07 Å². The van der Waals surface area contributed by atoms with Gasteiger partial charge in [-0.05, 0) is 24.1 Å². The summed E-state index contributed by atoms with van der Waals surface area (Å²) in [6.45, 7) is 7.31. The molecule has 1 saturated heterocycles. The maximum atomic E-state index is 6.35. The molecule has 1 aliphatic heterocycles. The van der Waals surface area contributed by atoms with Crippen LogP contribution in [-0.4, -0.2) is 35.0 Å². The second-order valence-corrected chi connectivity index (χ2v) is 8.46. The Morgan fingerprint density at radius 3 is 2.75 bits per heavy atom.